The molecule has 2 heterocycles. The Labute approximate surface area is 599 Å². The molecule has 0 radical (unpaired) electrons. The lowest BCUT2D eigenvalue weighted by Gasteiger charge is -2.30. The summed E-state index contributed by atoms with van der Waals surface area (Å²) in [5, 5.41) is 0. The van der Waals surface area contributed by atoms with E-state index in [2.05, 4.69) is 289 Å². The topological polar surface area (TPSA) is 77.3 Å². The highest BCUT2D eigenvalue weighted by molar-refractivity contribution is 6.03. The van der Waals surface area contributed by atoms with Crippen LogP contribution in [0.3, 0.4) is 0 Å². The lowest BCUT2D eigenvalue weighted by Crippen LogP contribution is -2.25. The lowest BCUT2D eigenvalue weighted by atomic mass is 9.70. The van der Waals surface area contributed by atoms with Crippen molar-refractivity contribution < 1.29 is 0 Å². The van der Waals surface area contributed by atoms with E-state index in [0.717, 1.165) is 61.2 Å². The van der Waals surface area contributed by atoms with Crippen LogP contribution in [0, 0.1) is 0 Å². The molecule has 1 spiro atoms. The normalized spacial score (nSPS) is 14.8. The molecule has 1 atom stereocenters. The Morgan fingerprint density at radius 2 is 0.437 bits per heavy atom. The number of benzene rings is 14. The largest absolute Gasteiger partial charge is 0.208 e. The first-order valence-electron chi connectivity index (χ1n) is 35.6. The smallest absolute Gasteiger partial charge is 0.164 e. The fourth-order valence-electron chi connectivity index (χ4n) is 17.4. The van der Waals surface area contributed by atoms with Gasteiger partial charge in [0.25, 0.3) is 0 Å². The van der Waals surface area contributed by atoms with Gasteiger partial charge in [-0.3, -0.25) is 0 Å². The van der Waals surface area contributed by atoms with Crippen LogP contribution in [0.4, 0.5) is 0 Å². The van der Waals surface area contributed by atoms with E-state index in [4.69, 9.17) is 29.9 Å². The first-order chi connectivity index (χ1) is 50.5. The van der Waals surface area contributed by atoms with Crippen molar-refractivity contribution >= 4 is 0 Å². The van der Waals surface area contributed by atoms with Gasteiger partial charge in [-0.1, -0.05) is 331 Å². The summed E-state index contributed by atoms with van der Waals surface area (Å²) in [6, 6.07) is 119. The van der Waals surface area contributed by atoms with Crippen LogP contribution in [0.25, 0.3) is 157 Å². The number of hydrogen-bond acceptors (Lipinski definition) is 6. The minimum absolute atomic E-state index is 0.0777. The summed E-state index contributed by atoms with van der Waals surface area (Å²) in [6.07, 6.45) is 0. The van der Waals surface area contributed by atoms with Crippen molar-refractivity contribution in [3.8, 4) is 157 Å². The average molecular weight is 1320 g/mol. The zero-order valence-electron chi connectivity index (χ0n) is 57.4. The Kier molecular flexibility index (Phi) is 13.5. The van der Waals surface area contributed by atoms with Gasteiger partial charge in [0.1, 0.15) is 0 Å². The third-order valence-corrected chi connectivity index (χ3v) is 22.5. The molecule has 0 amide bonds. The van der Waals surface area contributed by atoms with Crippen molar-refractivity contribution in [3.63, 3.8) is 0 Å². The van der Waals surface area contributed by atoms with E-state index < -0.39 is 5.41 Å². The molecule has 16 aromatic rings. The quantitative estimate of drug-likeness (QED) is 0.136. The minimum atomic E-state index is -0.583. The van der Waals surface area contributed by atoms with Gasteiger partial charge in [-0.05, 0) is 158 Å². The summed E-state index contributed by atoms with van der Waals surface area (Å²) < 4.78 is 0. The Morgan fingerprint density at radius 1 is 0.165 bits per heavy atom. The highest BCUT2D eigenvalue weighted by Crippen LogP contribution is 2.65. The van der Waals surface area contributed by atoms with Gasteiger partial charge >= 0.3 is 0 Å². The summed E-state index contributed by atoms with van der Waals surface area (Å²) >= 11 is 0. The molecule has 103 heavy (non-hydrogen) atoms. The maximum Gasteiger partial charge on any atom is 0.164 e. The SMILES string of the molecule is CC1(C)c2ccccc2-c2ccc(-c3ccc4c(c3)C(C)(C)c3cc(-c5nc(-c6ccccc6)nc(-c6cccc(-c7cccc8c7-c7ccccc7C87c8ccccc8-c8c(-c9ccc(-c%10ccc(-c%11nc(-c%12ccccc%12)nc(-c%12ccccc%12)n%11)cc%10)cc9)cccc87)c6)n5)ccc3-4)cc21. The maximum absolute atomic E-state index is 5.44. The van der Waals surface area contributed by atoms with Gasteiger partial charge in [0, 0.05) is 44.2 Å². The molecule has 0 N–H and O–H groups in total. The summed E-state index contributed by atoms with van der Waals surface area (Å²) in [5.41, 5.74) is 34.6. The van der Waals surface area contributed by atoms with Crippen LogP contribution < -0.4 is 0 Å². The molecule has 4 aliphatic carbocycles. The second-order valence-electron chi connectivity index (χ2n) is 28.8. The number of nitrogens with zero attached hydrogens (tertiary/aromatic N) is 6. The Morgan fingerprint density at radius 3 is 0.903 bits per heavy atom. The molecule has 20 rings (SSSR count). The van der Waals surface area contributed by atoms with E-state index in [1.54, 1.807) is 0 Å². The zero-order valence-corrected chi connectivity index (χ0v) is 57.4. The van der Waals surface area contributed by atoms with Crippen LogP contribution in [0.15, 0.2) is 328 Å². The molecule has 6 heteroatoms. The van der Waals surface area contributed by atoms with E-state index in [1.807, 2.05) is 66.7 Å². The van der Waals surface area contributed by atoms with Crippen molar-refractivity contribution in [1.82, 2.24) is 29.9 Å². The molecular weight excluding hydrogens is 1250 g/mol. The molecular formula is C97H66N6. The number of aromatic nitrogens is 6. The van der Waals surface area contributed by atoms with Crippen molar-refractivity contribution in [3.05, 3.63) is 372 Å². The van der Waals surface area contributed by atoms with Gasteiger partial charge < -0.3 is 0 Å². The zero-order chi connectivity index (χ0) is 68.7. The van der Waals surface area contributed by atoms with Crippen LogP contribution in [0.1, 0.15) is 72.2 Å². The predicted molar refractivity (Wildman–Crippen MR) is 419 cm³/mol. The summed E-state index contributed by atoms with van der Waals surface area (Å²) in [6.45, 7) is 9.44. The molecule has 6 nitrogen and oxygen atoms in total. The first kappa shape index (κ1) is 60.1. The van der Waals surface area contributed by atoms with Gasteiger partial charge in [-0.2, -0.15) is 0 Å². The van der Waals surface area contributed by atoms with Gasteiger partial charge in [0.05, 0.1) is 5.41 Å². The van der Waals surface area contributed by atoms with Gasteiger partial charge in [-0.25, -0.2) is 29.9 Å². The van der Waals surface area contributed by atoms with Crippen molar-refractivity contribution in [2.75, 3.05) is 0 Å². The molecule has 14 aromatic carbocycles. The molecule has 1 unspecified atom stereocenters. The molecule has 0 saturated carbocycles. The van der Waals surface area contributed by atoms with Crippen molar-refractivity contribution in [1.29, 1.82) is 0 Å². The van der Waals surface area contributed by atoms with E-state index in [-0.39, 0.29) is 10.8 Å². The second kappa shape index (κ2) is 23.1. The lowest BCUT2D eigenvalue weighted by molar-refractivity contribution is 0.659. The van der Waals surface area contributed by atoms with Crippen LogP contribution in [-0.2, 0) is 16.2 Å². The van der Waals surface area contributed by atoms with E-state index in [9.17, 15) is 0 Å². The van der Waals surface area contributed by atoms with Gasteiger partial charge in [0.15, 0.2) is 34.9 Å². The fourth-order valence-corrected chi connectivity index (χ4v) is 17.4. The van der Waals surface area contributed by atoms with Crippen LogP contribution in [0.5, 0.6) is 0 Å². The predicted octanol–water partition coefficient (Wildman–Crippen LogP) is 23.7. The first-order valence-corrected chi connectivity index (χ1v) is 35.6. The van der Waals surface area contributed by atoms with Crippen molar-refractivity contribution in [2.24, 2.45) is 0 Å². The Balaban J connectivity index is 0.638. The second-order valence-corrected chi connectivity index (χ2v) is 28.8. The number of fused-ring (bicyclic) bond motifs is 16. The molecule has 0 saturated heterocycles. The highest BCUT2D eigenvalue weighted by Gasteiger charge is 2.53. The van der Waals surface area contributed by atoms with Crippen molar-refractivity contribution in [2.45, 2.75) is 43.9 Å². The summed E-state index contributed by atoms with van der Waals surface area (Å²) in [4.78, 5) is 31.0. The molecule has 2 aromatic heterocycles. The average Bonchev–Trinajstić information content (AvgIpc) is 1.51. The monoisotopic (exact) mass is 1310 g/mol. The minimum Gasteiger partial charge on any atom is -0.208 e. The third-order valence-electron chi connectivity index (χ3n) is 22.5. The summed E-state index contributed by atoms with van der Waals surface area (Å²) in [7, 11) is 0. The van der Waals surface area contributed by atoms with Crippen LogP contribution in [0.2, 0.25) is 0 Å². The van der Waals surface area contributed by atoms with E-state index in [1.165, 1.54) is 106 Å². The maximum atomic E-state index is 5.44. The van der Waals surface area contributed by atoms with Gasteiger partial charge in [-0.15, -0.1) is 0 Å². The highest BCUT2D eigenvalue weighted by atomic mass is 15.0. The molecule has 0 fully saturated rings. The molecule has 0 bridgehead atoms. The standard InChI is InChI=1S/C97H66N6/c1-95(2)79-36-17-14-31-73(79)74-52-49-66(56-84(74)95)67-50-53-75-76-54-51-70(58-86(76)96(3,4)85(75)57-67)94-102-91(64-27-12-7-13-28-64)101-93(103-94)69-30-20-29-68(55-69)72-35-22-40-83-88(72)78-33-16-19-38-81(78)97(83)80-37-18-15-32-77(80)87-71(34-21-39-82(87)97)61-45-41-59(42-46-61)60-43-47-65(48-44-60)92-99-89(62-23-8-5-9-24-62)98-90(100-92)63-25-10-6-11-26-63/h5-58H,1-4H3. The Bertz CT molecular complexity index is 6100. The number of hydrogen-bond donors (Lipinski definition) is 0. The molecule has 4 aliphatic rings. The van der Waals surface area contributed by atoms with Crippen LogP contribution >= 0.6 is 0 Å². The van der Waals surface area contributed by atoms with E-state index >= 15 is 0 Å². The van der Waals surface area contributed by atoms with E-state index in [0.29, 0.717) is 34.9 Å². The Hall–Kier alpha value is -12.9. The molecule has 484 valence electrons. The van der Waals surface area contributed by atoms with Crippen LogP contribution in [-0.4, -0.2) is 29.9 Å². The fraction of sp³-hybridized carbons (Fsp3) is 0.0722. The van der Waals surface area contributed by atoms with Gasteiger partial charge in [0.2, 0.25) is 0 Å². The third kappa shape index (κ3) is 9.33. The molecule has 0 aliphatic heterocycles. The summed E-state index contributed by atoms with van der Waals surface area (Å²) in [5.74, 6) is 3.80. The number of rotatable bonds is 10.